The first-order valence-corrected chi connectivity index (χ1v) is 8.13. The van der Waals surface area contributed by atoms with E-state index in [0.29, 0.717) is 25.8 Å². The van der Waals surface area contributed by atoms with E-state index in [1.54, 1.807) is 0 Å². The van der Waals surface area contributed by atoms with Gasteiger partial charge in [-0.1, -0.05) is 0 Å². The summed E-state index contributed by atoms with van der Waals surface area (Å²) in [7, 11) is -3.01. The van der Waals surface area contributed by atoms with E-state index >= 15 is 0 Å². The van der Waals surface area contributed by atoms with E-state index in [2.05, 4.69) is 0 Å². The second-order valence-electron chi connectivity index (χ2n) is 4.61. The van der Waals surface area contributed by atoms with Crippen molar-refractivity contribution in [1.82, 2.24) is 4.90 Å². The van der Waals surface area contributed by atoms with Crippen molar-refractivity contribution in [1.29, 1.82) is 0 Å². The van der Waals surface area contributed by atoms with Crippen molar-refractivity contribution in [3.63, 3.8) is 0 Å². The third-order valence-corrected chi connectivity index (χ3v) is 4.91. The van der Waals surface area contributed by atoms with Crippen LogP contribution in [0.1, 0.15) is 25.7 Å². The van der Waals surface area contributed by atoms with Gasteiger partial charge in [-0.3, -0.25) is 4.79 Å². The van der Waals surface area contributed by atoms with Crippen LogP contribution in [0.5, 0.6) is 0 Å². The Morgan fingerprint density at radius 2 is 2.11 bits per heavy atom. The Balaban J connectivity index is 2.56. The lowest BCUT2D eigenvalue weighted by Gasteiger charge is -2.27. The zero-order valence-corrected chi connectivity index (χ0v) is 11.4. The quantitative estimate of drug-likeness (QED) is 0.589. The molecule has 0 radical (unpaired) electrons. The van der Waals surface area contributed by atoms with Crippen molar-refractivity contribution < 1.29 is 18.3 Å². The Morgan fingerprint density at radius 1 is 1.39 bits per heavy atom. The number of hydrogen-bond acceptors (Lipinski definition) is 5. The zero-order valence-electron chi connectivity index (χ0n) is 10.5. The van der Waals surface area contributed by atoms with Gasteiger partial charge in [0.05, 0.1) is 18.1 Å². The number of nitrogens with zero attached hydrogens (tertiary/aromatic N) is 1. The molecule has 0 aromatic rings. The van der Waals surface area contributed by atoms with E-state index in [0.717, 1.165) is 6.42 Å². The molecule has 1 aliphatic rings. The molecule has 1 heterocycles. The molecule has 0 aliphatic carbocycles. The molecule has 1 amide bonds. The van der Waals surface area contributed by atoms with Crippen LogP contribution < -0.4 is 5.73 Å². The summed E-state index contributed by atoms with van der Waals surface area (Å²) in [4.78, 5) is 13.5. The second kappa shape index (κ2) is 7.06. The summed E-state index contributed by atoms with van der Waals surface area (Å²) in [5.41, 5.74) is 5.36. The predicted octanol–water partition coefficient (Wildman–Crippen LogP) is -0.877. The number of unbranched alkanes of at least 4 members (excludes halogenated alkanes) is 1. The highest BCUT2D eigenvalue weighted by Crippen LogP contribution is 2.18. The molecule has 18 heavy (non-hydrogen) atoms. The van der Waals surface area contributed by atoms with E-state index in [1.165, 1.54) is 4.90 Å². The zero-order chi connectivity index (χ0) is 13.6. The van der Waals surface area contributed by atoms with E-state index in [1.807, 2.05) is 0 Å². The number of rotatable bonds is 7. The summed E-state index contributed by atoms with van der Waals surface area (Å²) in [6.45, 7) is 0.617. The molecule has 1 unspecified atom stereocenters. The number of aliphatic hydroxyl groups is 1. The fraction of sp³-hybridized carbons (Fsp3) is 0.909. The molecule has 0 spiro atoms. The summed E-state index contributed by atoms with van der Waals surface area (Å²) in [5.74, 6) is 0.0743. The maximum Gasteiger partial charge on any atom is 0.222 e. The molecule has 1 rings (SSSR count). The number of carbonyl (C=O) groups excluding carboxylic acids is 1. The highest BCUT2D eigenvalue weighted by atomic mass is 32.2. The number of aliphatic hydroxyl groups excluding tert-OH is 1. The van der Waals surface area contributed by atoms with E-state index in [9.17, 15) is 13.2 Å². The monoisotopic (exact) mass is 278 g/mol. The Kier molecular flexibility index (Phi) is 6.04. The van der Waals surface area contributed by atoms with Gasteiger partial charge in [0.2, 0.25) is 5.91 Å². The van der Waals surface area contributed by atoms with Gasteiger partial charge in [0, 0.05) is 19.0 Å². The smallest absolute Gasteiger partial charge is 0.222 e. The Morgan fingerprint density at radius 3 is 2.61 bits per heavy atom. The van der Waals surface area contributed by atoms with E-state index in [4.69, 9.17) is 10.8 Å². The van der Waals surface area contributed by atoms with Crippen LogP contribution in [0.3, 0.4) is 0 Å². The van der Waals surface area contributed by atoms with Crippen molar-refractivity contribution >= 4 is 15.7 Å². The van der Waals surface area contributed by atoms with Crippen molar-refractivity contribution in [2.24, 2.45) is 5.73 Å². The molecule has 1 fully saturated rings. The van der Waals surface area contributed by atoms with Gasteiger partial charge in [-0.25, -0.2) is 8.42 Å². The van der Waals surface area contributed by atoms with Gasteiger partial charge in [-0.05, 0) is 25.8 Å². The van der Waals surface area contributed by atoms with Gasteiger partial charge in [-0.2, -0.15) is 0 Å². The predicted molar refractivity (Wildman–Crippen MR) is 68.8 cm³/mol. The van der Waals surface area contributed by atoms with Gasteiger partial charge in [0.25, 0.3) is 0 Å². The molecular weight excluding hydrogens is 256 g/mol. The Labute approximate surface area is 108 Å². The maximum atomic E-state index is 12.0. The lowest BCUT2D eigenvalue weighted by atomic mass is 10.1. The largest absolute Gasteiger partial charge is 0.395 e. The summed E-state index contributed by atoms with van der Waals surface area (Å²) in [5, 5.41) is 8.98. The Bertz CT molecular complexity index is 369. The van der Waals surface area contributed by atoms with E-state index in [-0.39, 0.29) is 36.6 Å². The van der Waals surface area contributed by atoms with Crippen molar-refractivity contribution in [2.75, 3.05) is 31.2 Å². The average Bonchev–Trinajstić information content (AvgIpc) is 2.66. The first-order chi connectivity index (χ1) is 8.50. The minimum atomic E-state index is -3.01. The SMILES string of the molecule is NCCCCC(=O)N(CCO)C1CCS(=O)(=O)C1. The molecule has 3 N–H and O–H groups in total. The summed E-state index contributed by atoms with van der Waals surface area (Å²) >= 11 is 0. The molecule has 6 nitrogen and oxygen atoms in total. The molecule has 0 bridgehead atoms. The number of sulfone groups is 1. The first-order valence-electron chi connectivity index (χ1n) is 6.31. The number of amides is 1. The van der Waals surface area contributed by atoms with Crippen LogP contribution in [-0.4, -0.2) is 61.6 Å². The Hall–Kier alpha value is -0.660. The molecule has 1 saturated heterocycles. The van der Waals surface area contributed by atoms with Crippen LogP contribution in [0.25, 0.3) is 0 Å². The molecule has 0 saturated carbocycles. The van der Waals surface area contributed by atoms with Crippen molar-refractivity contribution in [3.05, 3.63) is 0 Å². The molecule has 1 atom stereocenters. The van der Waals surface area contributed by atoms with Gasteiger partial charge in [0.15, 0.2) is 9.84 Å². The fourth-order valence-corrected chi connectivity index (χ4v) is 3.93. The second-order valence-corrected chi connectivity index (χ2v) is 6.84. The summed E-state index contributed by atoms with van der Waals surface area (Å²) < 4.78 is 22.8. The van der Waals surface area contributed by atoms with Crippen LogP contribution in [0.4, 0.5) is 0 Å². The molecule has 0 aromatic carbocycles. The average molecular weight is 278 g/mol. The fourth-order valence-electron chi connectivity index (χ4n) is 2.20. The van der Waals surface area contributed by atoms with Crippen molar-refractivity contribution in [3.8, 4) is 0 Å². The van der Waals surface area contributed by atoms with Crippen LogP contribution in [0.15, 0.2) is 0 Å². The molecule has 1 aliphatic heterocycles. The van der Waals surface area contributed by atoms with Gasteiger partial charge < -0.3 is 15.7 Å². The highest BCUT2D eigenvalue weighted by molar-refractivity contribution is 7.91. The van der Waals surface area contributed by atoms with Crippen molar-refractivity contribution in [2.45, 2.75) is 31.7 Å². The third-order valence-electron chi connectivity index (χ3n) is 3.16. The molecule has 7 heteroatoms. The third kappa shape index (κ3) is 4.55. The number of nitrogens with two attached hydrogens (primary N) is 1. The van der Waals surface area contributed by atoms with Crippen LogP contribution in [0, 0.1) is 0 Å². The number of hydrogen-bond donors (Lipinski definition) is 2. The van der Waals surface area contributed by atoms with E-state index < -0.39 is 9.84 Å². The first kappa shape index (κ1) is 15.4. The lowest BCUT2D eigenvalue weighted by Crippen LogP contribution is -2.42. The number of carbonyl (C=O) groups is 1. The standard InChI is InChI=1S/C11H22N2O4S/c12-5-2-1-3-11(15)13(6-7-14)10-4-8-18(16,17)9-10/h10,14H,1-9,12H2. The van der Waals surface area contributed by atoms with Crippen LogP contribution >= 0.6 is 0 Å². The topological polar surface area (TPSA) is 101 Å². The van der Waals surface area contributed by atoms with Crippen LogP contribution in [-0.2, 0) is 14.6 Å². The van der Waals surface area contributed by atoms with Gasteiger partial charge in [-0.15, -0.1) is 0 Å². The summed E-state index contributed by atoms with van der Waals surface area (Å²) in [6, 6.07) is -0.271. The lowest BCUT2D eigenvalue weighted by molar-refractivity contribution is -0.133. The van der Waals surface area contributed by atoms with Gasteiger partial charge in [0.1, 0.15) is 0 Å². The molecular formula is C11H22N2O4S. The minimum absolute atomic E-state index is 0.0234. The highest BCUT2D eigenvalue weighted by Gasteiger charge is 2.33. The normalized spacial score (nSPS) is 22.0. The van der Waals surface area contributed by atoms with Gasteiger partial charge >= 0.3 is 0 Å². The summed E-state index contributed by atoms with van der Waals surface area (Å²) in [6.07, 6.45) is 2.33. The molecule has 0 aromatic heterocycles. The molecule has 106 valence electrons. The maximum absolute atomic E-state index is 12.0. The van der Waals surface area contributed by atoms with Crippen LogP contribution in [0.2, 0.25) is 0 Å². The minimum Gasteiger partial charge on any atom is -0.395 e.